The van der Waals surface area contributed by atoms with Crippen LogP contribution in [0.3, 0.4) is 0 Å². The number of aromatic nitrogens is 1. The quantitative estimate of drug-likeness (QED) is 0.365. The summed E-state index contributed by atoms with van der Waals surface area (Å²) in [5.41, 5.74) is -1.96. The number of thioether (sulfide) groups is 1. The van der Waals surface area contributed by atoms with Gasteiger partial charge in [-0.2, -0.15) is 0 Å². The Kier molecular flexibility index (Phi) is 5.88. The molecule has 1 aliphatic carbocycles. The summed E-state index contributed by atoms with van der Waals surface area (Å²) in [5.74, 6) is -1.63. The van der Waals surface area contributed by atoms with Crippen molar-refractivity contribution >= 4 is 61.8 Å². The van der Waals surface area contributed by atoms with Crippen LogP contribution < -0.4 is 0 Å². The number of carbonyl (C=O) groups excluding carboxylic acids is 4. The maximum atomic E-state index is 13.4. The number of allylic oxidation sites excluding steroid dienone is 1. The first kappa shape index (κ1) is 23.2. The number of hydrogen-bond acceptors (Lipinski definition) is 6. The van der Waals surface area contributed by atoms with Crippen molar-refractivity contribution in [3.63, 3.8) is 0 Å². The summed E-state index contributed by atoms with van der Waals surface area (Å²) >= 11 is 7.09. The highest BCUT2D eigenvalue weighted by atomic mass is 35.5. The molecule has 0 N–H and O–H groups in total. The lowest BCUT2D eigenvalue weighted by atomic mass is 9.60. The van der Waals surface area contributed by atoms with E-state index in [1.54, 1.807) is 44.6 Å². The Balaban J connectivity index is 2.43. The maximum Gasteiger partial charge on any atom is 0.285 e. The lowest BCUT2D eigenvalue weighted by Crippen LogP contribution is -2.54. The molecular formula is C23H23ClN2O4S. The van der Waals surface area contributed by atoms with Gasteiger partial charge in [-0.1, -0.05) is 23.7 Å². The first-order valence-corrected chi connectivity index (χ1v) is 10.8. The number of benzene rings is 1. The molecule has 1 saturated carbocycles. The molecule has 1 aliphatic rings. The number of Topliss-reactive ketones (excluding diaryl/α,β-unsaturated/α-hetero) is 3. The summed E-state index contributed by atoms with van der Waals surface area (Å²) in [5, 5.41) is 0.650. The van der Waals surface area contributed by atoms with Gasteiger partial charge >= 0.3 is 0 Å². The van der Waals surface area contributed by atoms with Gasteiger partial charge in [0.2, 0.25) is 0 Å². The monoisotopic (exact) mass is 458 g/mol. The molecule has 2 aromatic rings. The largest absolute Gasteiger partial charge is 0.339 e. The summed E-state index contributed by atoms with van der Waals surface area (Å²) < 4.78 is 0. The van der Waals surface area contributed by atoms with Gasteiger partial charge in [0, 0.05) is 30.6 Å². The molecule has 1 fully saturated rings. The number of nitrogens with zero attached hydrogens (tertiary/aromatic N) is 2. The molecular weight excluding hydrogens is 436 g/mol. The molecule has 0 spiro atoms. The Labute approximate surface area is 190 Å². The molecule has 0 atom stereocenters. The van der Waals surface area contributed by atoms with Crippen molar-refractivity contribution in [2.24, 2.45) is 10.8 Å². The molecule has 162 valence electrons. The summed E-state index contributed by atoms with van der Waals surface area (Å²) in [6.07, 6.45) is 1.59. The zero-order chi connectivity index (χ0) is 23.3. The van der Waals surface area contributed by atoms with E-state index >= 15 is 0 Å². The van der Waals surface area contributed by atoms with E-state index < -0.39 is 28.2 Å². The fourth-order valence-corrected chi connectivity index (χ4v) is 4.82. The minimum atomic E-state index is -1.40. The van der Waals surface area contributed by atoms with Crippen molar-refractivity contribution in [1.82, 2.24) is 9.88 Å². The van der Waals surface area contributed by atoms with E-state index in [2.05, 4.69) is 4.98 Å². The van der Waals surface area contributed by atoms with Crippen molar-refractivity contribution in [2.75, 3.05) is 14.1 Å². The van der Waals surface area contributed by atoms with Crippen LogP contribution >= 0.6 is 23.4 Å². The van der Waals surface area contributed by atoms with Crippen molar-refractivity contribution in [2.45, 2.75) is 27.7 Å². The molecule has 3 rings (SSSR count). The van der Waals surface area contributed by atoms with Gasteiger partial charge in [-0.25, -0.2) is 0 Å². The van der Waals surface area contributed by atoms with Crippen molar-refractivity contribution in [3.05, 3.63) is 46.6 Å². The molecule has 1 amide bonds. The van der Waals surface area contributed by atoms with Crippen LogP contribution in [-0.4, -0.2) is 46.6 Å². The Morgan fingerprint density at radius 1 is 1.00 bits per heavy atom. The van der Waals surface area contributed by atoms with Crippen LogP contribution in [0.15, 0.2) is 36.0 Å². The van der Waals surface area contributed by atoms with Gasteiger partial charge in [-0.05, 0) is 57.2 Å². The third-order valence-electron chi connectivity index (χ3n) is 5.47. The fourth-order valence-electron chi connectivity index (χ4n) is 3.68. The summed E-state index contributed by atoms with van der Waals surface area (Å²) in [4.78, 5) is 58.4. The molecule has 0 aliphatic heterocycles. The molecule has 1 aromatic heterocycles. The van der Waals surface area contributed by atoms with Gasteiger partial charge in [-0.15, -0.1) is 0 Å². The van der Waals surface area contributed by atoms with E-state index in [0.717, 1.165) is 11.8 Å². The highest BCUT2D eigenvalue weighted by Crippen LogP contribution is 2.47. The zero-order valence-electron chi connectivity index (χ0n) is 18.2. The molecule has 1 aromatic carbocycles. The third-order valence-corrected chi connectivity index (χ3v) is 6.94. The number of ketones is 3. The SMILES string of the molecule is CN(C)C(=O)SC(=C1C(=O)C(C)(C)C(=O)C(C)(C)C1=O)c1ccc(Cl)c2ncccc12. The lowest BCUT2D eigenvalue weighted by Gasteiger charge is -2.38. The summed E-state index contributed by atoms with van der Waals surface area (Å²) in [7, 11) is 3.17. The highest BCUT2D eigenvalue weighted by molar-refractivity contribution is 8.21. The van der Waals surface area contributed by atoms with E-state index in [4.69, 9.17) is 11.6 Å². The normalized spacial score (nSPS) is 17.8. The first-order valence-electron chi connectivity index (χ1n) is 9.63. The second kappa shape index (κ2) is 7.88. The number of rotatable bonds is 2. The smallest absolute Gasteiger partial charge is 0.285 e. The van der Waals surface area contributed by atoms with Gasteiger partial charge in [-0.3, -0.25) is 24.2 Å². The van der Waals surface area contributed by atoms with Crippen LogP contribution in [0, 0.1) is 10.8 Å². The summed E-state index contributed by atoms with van der Waals surface area (Å²) in [6, 6.07) is 6.77. The van der Waals surface area contributed by atoms with E-state index in [0.29, 0.717) is 21.5 Å². The first-order chi connectivity index (χ1) is 14.3. The number of amides is 1. The Bertz CT molecular complexity index is 1150. The average Bonchev–Trinajstić information content (AvgIpc) is 2.71. The van der Waals surface area contributed by atoms with Crippen molar-refractivity contribution in [3.8, 4) is 0 Å². The van der Waals surface area contributed by atoms with Gasteiger partial charge in [0.1, 0.15) is 0 Å². The second-order valence-electron chi connectivity index (χ2n) is 8.70. The Morgan fingerprint density at radius 2 is 1.58 bits per heavy atom. The minimum Gasteiger partial charge on any atom is -0.339 e. The number of halogens is 1. The van der Waals surface area contributed by atoms with E-state index in [1.165, 1.54) is 32.6 Å². The van der Waals surface area contributed by atoms with Gasteiger partial charge < -0.3 is 4.90 Å². The molecule has 6 nitrogen and oxygen atoms in total. The molecule has 0 unspecified atom stereocenters. The Morgan fingerprint density at radius 3 is 2.13 bits per heavy atom. The van der Waals surface area contributed by atoms with Crippen LogP contribution in [-0.2, 0) is 14.4 Å². The standard InChI is InChI=1S/C23H23ClN2O4S/c1-22(2)18(27)15(19(28)23(3,4)20(22)29)17(31-21(30)26(5)6)13-9-10-14(24)16-12(13)8-7-11-25-16/h7-11H,1-6H3. The van der Waals surface area contributed by atoms with E-state index in [9.17, 15) is 19.2 Å². The van der Waals surface area contributed by atoms with E-state index in [1.807, 2.05) is 0 Å². The topological polar surface area (TPSA) is 84.4 Å². The zero-order valence-corrected chi connectivity index (χ0v) is 19.8. The van der Waals surface area contributed by atoms with Crippen LogP contribution in [0.2, 0.25) is 5.02 Å². The number of fused-ring (bicyclic) bond motifs is 1. The maximum absolute atomic E-state index is 13.4. The predicted molar refractivity (Wildman–Crippen MR) is 123 cm³/mol. The minimum absolute atomic E-state index is 0.137. The molecule has 0 bridgehead atoms. The van der Waals surface area contributed by atoms with Crippen LogP contribution in [0.5, 0.6) is 0 Å². The lowest BCUT2D eigenvalue weighted by molar-refractivity contribution is -0.151. The van der Waals surface area contributed by atoms with E-state index in [-0.39, 0.29) is 15.7 Å². The number of carbonyl (C=O) groups is 4. The van der Waals surface area contributed by atoms with Crippen LogP contribution in [0.4, 0.5) is 4.79 Å². The highest BCUT2D eigenvalue weighted by Gasteiger charge is 2.56. The van der Waals surface area contributed by atoms with Gasteiger partial charge in [0.25, 0.3) is 5.24 Å². The fraction of sp³-hybridized carbons (Fsp3) is 0.348. The third kappa shape index (κ3) is 3.70. The van der Waals surface area contributed by atoms with Crippen molar-refractivity contribution < 1.29 is 19.2 Å². The number of hydrogen-bond donors (Lipinski definition) is 0. The Hall–Kier alpha value is -2.51. The molecule has 0 saturated heterocycles. The van der Waals surface area contributed by atoms with Crippen LogP contribution in [0.25, 0.3) is 15.8 Å². The molecule has 8 heteroatoms. The average molecular weight is 459 g/mol. The molecule has 0 radical (unpaired) electrons. The summed E-state index contributed by atoms with van der Waals surface area (Å²) in [6.45, 7) is 6.07. The molecule has 1 heterocycles. The molecule has 31 heavy (non-hydrogen) atoms. The van der Waals surface area contributed by atoms with Crippen molar-refractivity contribution in [1.29, 1.82) is 0 Å². The van der Waals surface area contributed by atoms with Crippen LogP contribution in [0.1, 0.15) is 33.3 Å². The predicted octanol–water partition coefficient (Wildman–Crippen LogP) is 4.79. The van der Waals surface area contributed by atoms with Gasteiger partial charge in [0.05, 0.1) is 26.9 Å². The van der Waals surface area contributed by atoms with Gasteiger partial charge in [0.15, 0.2) is 17.3 Å². The number of pyridine rings is 1. The second-order valence-corrected chi connectivity index (χ2v) is 10.1.